The fourth-order valence-corrected chi connectivity index (χ4v) is 7.83. The third-order valence-corrected chi connectivity index (χ3v) is 10.8. The smallest absolute Gasteiger partial charge is 0.184 e. The molecule has 3 aliphatic rings. The number of benzene rings is 1. The van der Waals surface area contributed by atoms with Crippen molar-refractivity contribution in [1.29, 1.82) is 0 Å². The lowest BCUT2D eigenvalue weighted by Crippen LogP contribution is -2.71. The average Bonchev–Trinajstić information content (AvgIpc) is 2.94. The summed E-state index contributed by atoms with van der Waals surface area (Å²) in [6.45, 7) is 16.3. The highest BCUT2D eigenvalue weighted by Gasteiger charge is 2.77. The van der Waals surface area contributed by atoms with E-state index in [-0.39, 0.29) is 36.5 Å². The number of hydrogen-bond donors (Lipinski definition) is 3. The van der Waals surface area contributed by atoms with Crippen LogP contribution in [-0.2, 0) is 14.3 Å². The van der Waals surface area contributed by atoms with Crippen LogP contribution < -0.4 is 0 Å². The van der Waals surface area contributed by atoms with E-state index in [0.717, 1.165) is 11.1 Å². The maximum absolute atomic E-state index is 15.6. The predicted molar refractivity (Wildman–Crippen MR) is 174 cm³/mol. The van der Waals surface area contributed by atoms with Gasteiger partial charge in [-0.05, 0) is 98.8 Å². The van der Waals surface area contributed by atoms with Crippen LogP contribution in [0.15, 0.2) is 65.0 Å². The van der Waals surface area contributed by atoms with Crippen molar-refractivity contribution in [2.75, 3.05) is 0 Å². The second-order valence-corrected chi connectivity index (χ2v) is 15.4. The molecule has 7 nitrogen and oxygen atoms in total. The zero-order valence-corrected chi connectivity index (χ0v) is 28.5. The van der Waals surface area contributed by atoms with Crippen LogP contribution in [0, 0.1) is 22.2 Å². The van der Waals surface area contributed by atoms with E-state index in [1.54, 1.807) is 44.2 Å². The second kappa shape index (κ2) is 12.1. The Labute approximate surface area is 268 Å². The number of hydrogen-bond acceptors (Lipinski definition) is 7. The van der Waals surface area contributed by atoms with Gasteiger partial charge in [0, 0.05) is 17.6 Å². The minimum atomic E-state index is -1.91. The monoisotopic (exact) mass is 620 g/mol. The molecular formula is C38H52O7. The molecule has 1 aromatic carbocycles. The van der Waals surface area contributed by atoms with Gasteiger partial charge in [0.2, 0.25) is 0 Å². The molecular weight excluding hydrogens is 568 g/mol. The Morgan fingerprint density at radius 1 is 1.04 bits per heavy atom. The molecule has 1 fully saturated rings. The van der Waals surface area contributed by atoms with E-state index in [4.69, 9.17) is 4.74 Å². The van der Waals surface area contributed by atoms with Crippen LogP contribution in [0.25, 0.3) is 0 Å². The molecule has 0 spiro atoms. The number of ether oxygens (including phenoxy) is 1. The summed E-state index contributed by atoms with van der Waals surface area (Å²) < 4.78 is 6.60. The fraction of sp³-hybridized carbons (Fsp3) is 0.605. The largest absolute Gasteiger partial charge is 0.487 e. The number of fused-ring (bicyclic) bond motifs is 3. The lowest BCUT2D eigenvalue weighted by molar-refractivity contribution is -0.184. The van der Waals surface area contributed by atoms with Gasteiger partial charge < -0.3 is 20.1 Å². The first kappa shape index (κ1) is 35.0. The maximum atomic E-state index is 15.6. The Morgan fingerprint density at radius 2 is 1.64 bits per heavy atom. The van der Waals surface area contributed by atoms with Gasteiger partial charge in [-0.25, -0.2) is 0 Å². The molecule has 0 radical (unpaired) electrons. The summed E-state index contributed by atoms with van der Waals surface area (Å²) in [6, 6.07) is 8.68. The van der Waals surface area contributed by atoms with E-state index in [1.807, 2.05) is 34.6 Å². The molecule has 6 atom stereocenters. The molecule has 0 aromatic heterocycles. The number of carbonyl (C=O) groups excluding carboxylic acids is 3. The lowest BCUT2D eigenvalue weighted by atomic mass is 9.37. The van der Waals surface area contributed by atoms with E-state index in [2.05, 4.69) is 12.2 Å². The normalized spacial score (nSPS) is 31.5. The van der Waals surface area contributed by atoms with Crippen LogP contribution in [-0.4, -0.2) is 56.1 Å². The second-order valence-electron chi connectivity index (χ2n) is 15.4. The molecule has 246 valence electrons. The van der Waals surface area contributed by atoms with Crippen molar-refractivity contribution in [3.05, 3.63) is 70.5 Å². The van der Waals surface area contributed by atoms with Crippen LogP contribution in [0.2, 0.25) is 0 Å². The molecule has 1 heterocycles. The third kappa shape index (κ3) is 5.70. The minimum absolute atomic E-state index is 0.0524. The molecule has 0 saturated heterocycles. The number of aliphatic hydroxyl groups excluding tert-OH is 2. The molecule has 2 bridgehead atoms. The molecule has 7 heteroatoms. The van der Waals surface area contributed by atoms with Gasteiger partial charge in [0.05, 0.1) is 23.2 Å². The van der Waals surface area contributed by atoms with Crippen molar-refractivity contribution in [2.24, 2.45) is 22.2 Å². The Morgan fingerprint density at radius 3 is 2.20 bits per heavy atom. The van der Waals surface area contributed by atoms with Crippen LogP contribution in [0.4, 0.5) is 0 Å². The Hall–Kier alpha value is -2.87. The zero-order valence-electron chi connectivity index (χ0n) is 28.5. The summed E-state index contributed by atoms with van der Waals surface area (Å²) >= 11 is 0. The first-order valence-corrected chi connectivity index (χ1v) is 16.2. The number of ketones is 3. The number of aliphatic hydroxyl groups is 3. The van der Waals surface area contributed by atoms with E-state index in [9.17, 15) is 20.1 Å². The van der Waals surface area contributed by atoms with Gasteiger partial charge in [-0.1, -0.05) is 60.6 Å². The van der Waals surface area contributed by atoms with Gasteiger partial charge >= 0.3 is 0 Å². The van der Waals surface area contributed by atoms with Crippen LogP contribution in [0.5, 0.6) is 0 Å². The van der Waals surface area contributed by atoms with Crippen molar-refractivity contribution in [3.8, 4) is 0 Å². The summed E-state index contributed by atoms with van der Waals surface area (Å²) in [5.41, 5.74) is -4.87. The number of allylic oxidation sites excluding steroid dienone is 5. The topological polar surface area (TPSA) is 121 Å². The SMILES string of the molecule is CC(C)=CCC[C@]1(C)C(CC=C(C)C)C[C@@]2(C[C@H](O)C(C)(C)O)C(=O)C3=C(OC(C)(C)[C@@H](O)C3)[C@]1(C(=O)c1ccccc1)C2=O. The quantitative estimate of drug-likeness (QED) is 0.156. The van der Waals surface area contributed by atoms with E-state index in [1.165, 1.54) is 13.8 Å². The highest BCUT2D eigenvalue weighted by Crippen LogP contribution is 2.69. The van der Waals surface area contributed by atoms with Crippen molar-refractivity contribution in [2.45, 2.75) is 124 Å². The number of Topliss-reactive ketones (excluding diaryl/α,β-unsaturated/α-hetero) is 3. The highest BCUT2D eigenvalue weighted by molar-refractivity contribution is 6.30. The van der Waals surface area contributed by atoms with Gasteiger partial charge in [-0.2, -0.15) is 0 Å². The van der Waals surface area contributed by atoms with Crippen LogP contribution in [0.3, 0.4) is 0 Å². The van der Waals surface area contributed by atoms with Gasteiger partial charge in [0.15, 0.2) is 22.8 Å². The Bertz CT molecular complexity index is 1430. The van der Waals surface area contributed by atoms with Crippen LogP contribution >= 0.6 is 0 Å². The summed E-state index contributed by atoms with van der Waals surface area (Å²) in [5.74, 6) is -1.82. The van der Waals surface area contributed by atoms with Gasteiger partial charge in [-0.3, -0.25) is 14.4 Å². The van der Waals surface area contributed by atoms with Crippen molar-refractivity contribution in [3.63, 3.8) is 0 Å². The molecule has 1 unspecified atom stereocenters. The average molecular weight is 621 g/mol. The van der Waals surface area contributed by atoms with Crippen molar-refractivity contribution >= 4 is 17.3 Å². The highest BCUT2D eigenvalue weighted by atomic mass is 16.5. The molecule has 2 aliphatic carbocycles. The Balaban J connectivity index is 2.18. The van der Waals surface area contributed by atoms with Crippen molar-refractivity contribution in [1.82, 2.24) is 0 Å². The first-order chi connectivity index (χ1) is 20.8. The molecule has 45 heavy (non-hydrogen) atoms. The third-order valence-electron chi connectivity index (χ3n) is 10.8. The molecule has 4 rings (SSSR count). The molecule has 1 aromatic rings. The summed E-state index contributed by atoms with van der Waals surface area (Å²) in [7, 11) is 0. The standard InChI is InChI=1S/C38H52O7/c1-23(2)14-13-19-36(9)26(18-17-24(3)4)21-37(22-29(40)34(5,6)44)31(42)27-20-28(39)35(7,8)45-32(27)38(36,33(37)43)30(41)25-15-11-10-12-16-25/h10-12,14-17,26,28-29,39-40,44H,13,18-22H2,1-9H3/t26?,28-,29-,36+,37+,38+/m0/s1. The zero-order chi connectivity index (χ0) is 33.8. The number of carbonyl (C=O) groups is 3. The van der Waals surface area contributed by atoms with Crippen LogP contribution in [0.1, 0.15) is 111 Å². The fourth-order valence-electron chi connectivity index (χ4n) is 7.83. The molecule has 1 aliphatic heterocycles. The van der Waals surface area contributed by atoms with E-state index in [0.29, 0.717) is 24.8 Å². The maximum Gasteiger partial charge on any atom is 0.184 e. The number of rotatable bonds is 10. The predicted octanol–water partition coefficient (Wildman–Crippen LogP) is 6.46. The minimum Gasteiger partial charge on any atom is -0.487 e. The van der Waals surface area contributed by atoms with E-state index >= 15 is 9.59 Å². The molecule has 1 saturated carbocycles. The first-order valence-electron chi connectivity index (χ1n) is 16.2. The van der Waals surface area contributed by atoms with Gasteiger partial charge in [0.1, 0.15) is 11.4 Å². The molecule has 0 amide bonds. The lowest BCUT2D eigenvalue weighted by Gasteiger charge is -2.63. The van der Waals surface area contributed by atoms with E-state index < -0.39 is 57.0 Å². The van der Waals surface area contributed by atoms with Crippen molar-refractivity contribution < 1.29 is 34.4 Å². The summed E-state index contributed by atoms with van der Waals surface area (Å²) in [5, 5.41) is 33.4. The van der Waals surface area contributed by atoms with Gasteiger partial charge in [-0.15, -0.1) is 0 Å². The van der Waals surface area contributed by atoms with Gasteiger partial charge in [0.25, 0.3) is 0 Å². The summed E-state index contributed by atoms with van der Waals surface area (Å²) in [6.07, 6.45) is 2.95. The summed E-state index contributed by atoms with van der Waals surface area (Å²) in [4.78, 5) is 45.8. The Kier molecular flexibility index (Phi) is 9.37. The molecule has 3 N–H and O–H groups in total.